The topological polar surface area (TPSA) is 97.1 Å². The van der Waals surface area contributed by atoms with Crippen LogP contribution in [0.3, 0.4) is 0 Å². The maximum atomic E-state index is 12.2. The fraction of sp³-hybridized carbons (Fsp3) is 0.429. The van der Waals surface area contributed by atoms with Crippen molar-refractivity contribution in [2.24, 2.45) is 4.99 Å². The van der Waals surface area contributed by atoms with E-state index in [2.05, 4.69) is 10.3 Å². The molecule has 2 aliphatic rings. The number of nitrogens with one attached hydrogen (secondary N) is 1. The molecule has 0 spiro atoms. The smallest absolute Gasteiger partial charge is 0.293 e. The Hall–Kier alpha value is -2.13. The molecule has 9 heteroatoms. The van der Waals surface area contributed by atoms with Gasteiger partial charge in [-0.2, -0.15) is 0 Å². The lowest BCUT2D eigenvalue weighted by Gasteiger charge is -2.28. The summed E-state index contributed by atoms with van der Waals surface area (Å²) >= 11 is 1.46. The van der Waals surface area contributed by atoms with Crippen molar-refractivity contribution in [1.29, 1.82) is 0 Å². The minimum atomic E-state index is -0.455. The zero-order chi connectivity index (χ0) is 16.2. The number of rotatable bonds is 3. The maximum absolute atomic E-state index is 12.2. The monoisotopic (exact) mass is 336 g/mol. The number of carbonyl (C=O) groups is 1. The molecule has 2 aliphatic heterocycles. The first-order valence-corrected chi connectivity index (χ1v) is 8.23. The van der Waals surface area contributed by atoms with Crippen molar-refractivity contribution in [3.63, 3.8) is 0 Å². The number of amidine groups is 1. The lowest BCUT2D eigenvalue weighted by molar-refractivity contribution is -0.384. The molecule has 1 aromatic carbocycles. The Morgan fingerprint density at radius 2 is 2.17 bits per heavy atom. The van der Waals surface area contributed by atoms with Crippen LogP contribution in [0.15, 0.2) is 23.2 Å². The van der Waals surface area contributed by atoms with Gasteiger partial charge in [0.05, 0.1) is 24.7 Å². The minimum absolute atomic E-state index is 0.0689. The molecule has 0 aromatic heterocycles. The number of hydrogen-bond acceptors (Lipinski definition) is 7. The molecule has 3 rings (SSSR count). The molecule has 0 unspecified atom stereocenters. The van der Waals surface area contributed by atoms with Gasteiger partial charge in [0, 0.05) is 30.5 Å². The predicted molar refractivity (Wildman–Crippen MR) is 88.4 cm³/mol. The summed E-state index contributed by atoms with van der Waals surface area (Å²) in [4.78, 5) is 29.2. The highest BCUT2D eigenvalue weighted by molar-refractivity contribution is 8.14. The fourth-order valence-electron chi connectivity index (χ4n) is 2.46. The summed E-state index contributed by atoms with van der Waals surface area (Å²) in [5.74, 6) is 0.459. The van der Waals surface area contributed by atoms with Gasteiger partial charge in [-0.15, -0.1) is 0 Å². The third kappa shape index (κ3) is 3.62. The summed E-state index contributed by atoms with van der Waals surface area (Å²) in [6, 6.07) is 4.55. The van der Waals surface area contributed by atoms with Crippen molar-refractivity contribution < 1.29 is 14.5 Å². The molecule has 122 valence electrons. The number of carbonyl (C=O) groups excluding carboxylic acids is 1. The van der Waals surface area contributed by atoms with Gasteiger partial charge >= 0.3 is 0 Å². The summed E-state index contributed by atoms with van der Waals surface area (Å²) in [6.07, 6.45) is 0. The average Bonchev–Trinajstić information content (AvgIpc) is 3.08. The second kappa shape index (κ2) is 6.97. The van der Waals surface area contributed by atoms with Crippen molar-refractivity contribution >= 4 is 34.2 Å². The Morgan fingerprint density at radius 3 is 2.83 bits per heavy atom. The third-order valence-electron chi connectivity index (χ3n) is 3.59. The van der Waals surface area contributed by atoms with Crippen molar-refractivity contribution in [2.45, 2.75) is 0 Å². The molecule has 8 nitrogen and oxygen atoms in total. The number of nitro benzene ring substituents is 1. The van der Waals surface area contributed by atoms with E-state index in [1.165, 1.54) is 17.8 Å². The average molecular weight is 336 g/mol. The van der Waals surface area contributed by atoms with E-state index in [0.29, 0.717) is 43.7 Å². The SMILES string of the molecule is O=C(NC1=NCCS1)c1ccc(N2CCOCC2)c([N+](=O)[O-])c1. The summed E-state index contributed by atoms with van der Waals surface area (Å²) in [6.45, 7) is 2.95. The molecule has 0 radical (unpaired) electrons. The normalized spacial score (nSPS) is 17.7. The van der Waals surface area contributed by atoms with Gasteiger partial charge < -0.3 is 15.0 Å². The number of benzene rings is 1. The Kier molecular flexibility index (Phi) is 4.77. The van der Waals surface area contributed by atoms with E-state index >= 15 is 0 Å². The largest absolute Gasteiger partial charge is 0.378 e. The number of nitrogens with zero attached hydrogens (tertiary/aromatic N) is 3. The van der Waals surface area contributed by atoms with Crippen molar-refractivity contribution in [3.05, 3.63) is 33.9 Å². The van der Waals surface area contributed by atoms with Gasteiger partial charge in [0.15, 0.2) is 5.17 Å². The van der Waals surface area contributed by atoms with Gasteiger partial charge in [0.25, 0.3) is 11.6 Å². The quantitative estimate of drug-likeness (QED) is 0.659. The maximum Gasteiger partial charge on any atom is 0.293 e. The van der Waals surface area contributed by atoms with Gasteiger partial charge in [0.2, 0.25) is 0 Å². The summed E-state index contributed by atoms with van der Waals surface area (Å²) in [7, 11) is 0. The van der Waals surface area contributed by atoms with E-state index in [4.69, 9.17) is 4.74 Å². The van der Waals surface area contributed by atoms with E-state index < -0.39 is 4.92 Å². The van der Waals surface area contributed by atoms with Crippen molar-refractivity contribution in [3.8, 4) is 0 Å². The molecule has 0 aliphatic carbocycles. The minimum Gasteiger partial charge on any atom is -0.378 e. The number of hydrogen-bond donors (Lipinski definition) is 1. The van der Waals surface area contributed by atoms with Crippen LogP contribution in [0.4, 0.5) is 11.4 Å². The highest BCUT2D eigenvalue weighted by Crippen LogP contribution is 2.30. The van der Waals surface area contributed by atoms with Crippen LogP contribution in [-0.2, 0) is 4.74 Å². The van der Waals surface area contributed by atoms with Crippen molar-refractivity contribution in [1.82, 2.24) is 5.32 Å². The fourth-order valence-corrected chi connectivity index (χ4v) is 3.19. The van der Waals surface area contributed by atoms with E-state index in [1.54, 1.807) is 12.1 Å². The van der Waals surface area contributed by atoms with Crippen LogP contribution in [0.5, 0.6) is 0 Å². The number of thioether (sulfide) groups is 1. The molecule has 0 atom stereocenters. The van der Waals surface area contributed by atoms with Gasteiger partial charge in [-0.1, -0.05) is 11.8 Å². The van der Waals surface area contributed by atoms with Gasteiger partial charge in [-0.05, 0) is 12.1 Å². The predicted octanol–water partition coefficient (Wildman–Crippen LogP) is 1.26. The lowest BCUT2D eigenvalue weighted by atomic mass is 10.1. The molecule has 0 saturated carbocycles. The van der Waals surface area contributed by atoms with E-state index in [0.717, 1.165) is 5.75 Å². The molecule has 1 fully saturated rings. The number of morpholine rings is 1. The Labute approximate surface area is 137 Å². The van der Waals surface area contributed by atoms with Gasteiger partial charge in [0.1, 0.15) is 5.69 Å². The molecular formula is C14H16N4O4S. The van der Waals surface area contributed by atoms with Gasteiger partial charge in [-0.25, -0.2) is 0 Å². The van der Waals surface area contributed by atoms with Crippen LogP contribution >= 0.6 is 11.8 Å². The number of ether oxygens (including phenoxy) is 1. The molecule has 0 bridgehead atoms. The van der Waals surface area contributed by atoms with Crippen LogP contribution in [0.1, 0.15) is 10.4 Å². The van der Waals surface area contributed by atoms with Crippen LogP contribution < -0.4 is 10.2 Å². The molecule has 2 heterocycles. The second-order valence-corrected chi connectivity index (χ2v) is 6.13. The summed E-state index contributed by atoms with van der Waals surface area (Å²) in [5, 5.41) is 14.6. The van der Waals surface area contributed by atoms with Crippen molar-refractivity contribution in [2.75, 3.05) is 43.5 Å². The zero-order valence-corrected chi connectivity index (χ0v) is 13.2. The van der Waals surface area contributed by atoms with E-state index in [-0.39, 0.29) is 17.2 Å². The third-order valence-corrected chi connectivity index (χ3v) is 4.48. The molecule has 1 N–H and O–H groups in total. The Bertz CT molecular complexity index is 658. The van der Waals surface area contributed by atoms with Crippen LogP contribution in [0.2, 0.25) is 0 Å². The van der Waals surface area contributed by atoms with E-state index in [1.807, 2.05) is 4.90 Å². The van der Waals surface area contributed by atoms with Crippen LogP contribution in [0, 0.1) is 10.1 Å². The van der Waals surface area contributed by atoms with Crippen LogP contribution in [-0.4, -0.2) is 54.6 Å². The first kappa shape index (κ1) is 15.8. The second-order valence-electron chi connectivity index (χ2n) is 5.05. The number of anilines is 1. The lowest BCUT2D eigenvalue weighted by Crippen LogP contribution is -2.36. The highest BCUT2D eigenvalue weighted by atomic mass is 32.2. The summed E-state index contributed by atoms with van der Waals surface area (Å²) < 4.78 is 5.27. The number of aliphatic imine (C=N–C) groups is 1. The molecule has 1 amide bonds. The zero-order valence-electron chi connectivity index (χ0n) is 12.4. The first-order chi connectivity index (χ1) is 11.1. The highest BCUT2D eigenvalue weighted by Gasteiger charge is 2.23. The standard InChI is InChI=1S/C14H16N4O4S/c19-13(16-14-15-3-8-23-14)10-1-2-11(12(9-10)18(20)21)17-4-6-22-7-5-17/h1-2,9H,3-8H2,(H,15,16,19). The Balaban J connectivity index is 1.83. The van der Waals surface area contributed by atoms with E-state index in [9.17, 15) is 14.9 Å². The molecule has 23 heavy (non-hydrogen) atoms. The first-order valence-electron chi connectivity index (χ1n) is 7.25. The molecule has 1 aromatic rings. The Morgan fingerprint density at radius 1 is 1.39 bits per heavy atom. The van der Waals surface area contributed by atoms with Crippen LogP contribution in [0.25, 0.3) is 0 Å². The number of nitro groups is 1. The number of amides is 1. The molecular weight excluding hydrogens is 320 g/mol. The van der Waals surface area contributed by atoms with Gasteiger partial charge in [-0.3, -0.25) is 19.9 Å². The molecule has 1 saturated heterocycles. The summed E-state index contributed by atoms with van der Waals surface area (Å²) in [5.41, 5.74) is 0.701.